The fourth-order valence-corrected chi connectivity index (χ4v) is 2.49. The van der Waals surface area contributed by atoms with Crippen LogP contribution in [-0.4, -0.2) is 26.8 Å². The van der Waals surface area contributed by atoms with E-state index < -0.39 is 0 Å². The molecule has 2 N–H and O–H groups in total. The van der Waals surface area contributed by atoms with Gasteiger partial charge in [-0.3, -0.25) is 0 Å². The predicted molar refractivity (Wildman–Crippen MR) is 72.4 cm³/mol. The maximum atomic E-state index is 8.82. The normalized spacial score (nSPS) is 16.6. The van der Waals surface area contributed by atoms with Gasteiger partial charge in [0.25, 0.3) is 0 Å². The Morgan fingerprint density at radius 1 is 1.44 bits per heavy atom. The summed E-state index contributed by atoms with van der Waals surface area (Å²) in [4.78, 5) is 2.29. The number of nitriles is 1. The first-order valence-electron chi connectivity index (χ1n) is 6.28. The summed E-state index contributed by atoms with van der Waals surface area (Å²) in [6.07, 6.45) is 2.26. The van der Waals surface area contributed by atoms with Crippen LogP contribution in [0.1, 0.15) is 18.4 Å². The van der Waals surface area contributed by atoms with Crippen molar-refractivity contribution in [2.45, 2.75) is 12.8 Å². The molecule has 1 aliphatic heterocycles. The highest BCUT2D eigenvalue weighted by molar-refractivity contribution is 5.69. The van der Waals surface area contributed by atoms with E-state index in [2.05, 4.69) is 11.0 Å². The molecule has 0 aliphatic carbocycles. The summed E-state index contributed by atoms with van der Waals surface area (Å²) >= 11 is 0. The Hall–Kier alpha value is -1.73. The lowest BCUT2D eigenvalue weighted by atomic mass is 9.97. The van der Waals surface area contributed by atoms with E-state index in [1.54, 1.807) is 13.2 Å². The number of anilines is 2. The molecule has 1 fully saturated rings. The first-order valence-corrected chi connectivity index (χ1v) is 6.28. The molecule has 18 heavy (non-hydrogen) atoms. The molecule has 1 aromatic rings. The van der Waals surface area contributed by atoms with Crippen molar-refractivity contribution in [3.63, 3.8) is 0 Å². The van der Waals surface area contributed by atoms with Gasteiger partial charge in [0, 0.05) is 26.8 Å². The van der Waals surface area contributed by atoms with Gasteiger partial charge in [-0.1, -0.05) is 0 Å². The Bertz CT molecular complexity index is 445. The molecule has 96 valence electrons. The van der Waals surface area contributed by atoms with Crippen LogP contribution in [-0.2, 0) is 4.74 Å². The van der Waals surface area contributed by atoms with Gasteiger partial charge in [0.1, 0.15) is 0 Å². The van der Waals surface area contributed by atoms with Crippen LogP contribution >= 0.6 is 0 Å². The van der Waals surface area contributed by atoms with Gasteiger partial charge in [0.2, 0.25) is 0 Å². The predicted octanol–water partition coefficient (Wildman–Crippen LogP) is 2.00. The van der Waals surface area contributed by atoms with E-state index in [1.165, 1.54) is 0 Å². The van der Waals surface area contributed by atoms with Crippen molar-refractivity contribution in [2.24, 2.45) is 5.92 Å². The van der Waals surface area contributed by atoms with Crippen LogP contribution in [0.2, 0.25) is 0 Å². The van der Waals surface area contributed by atoms with Gasteiger partial charge in [-0.05, 0) is 37.0 Å². The Balaban J connectivity index is 2.04. The highest BCUT2D eigenvalue weighted by atomic mass is 16.5. The molecular weight excluding hydrogens is 226 g/mol. The number of benzene rings is 1. The van der Waals surface area contributed by atoms with Crippen molar-refractivity contribution in [2.75, 3.05) is 37.4 Å². The molecule has 4 nitrogen and oxygen atoms in total. The third kappa shape index (κ3) is 2.74. The molecule has 0 atom stereocenters. The summed E-state index contributed by atoms with van der Waals surface area (Å²) in [5.41, 5.74) is 8.36. The number of rotatable bonds is 3. The third-order valence-corrected chi connectivity index (χ3v) is 3.51. The lowest BCUT2D eigenvalue weighted by molar-refractivity contribution is 0.139. The van der Waals surface area contributed by atoms with E-state index in [0.29, 0.717) is 17.2 Å². The van der Waals surface area contributed by atoms with Gasteiger partial charge in [-0.25, -0.2) is 0 Å². The Morgan fingerprint density at radius 2 is 2.17 bits per heavy atom. The van der Waals surface area contributed by atoms with Gasteiger partial charge in [0.05, 0.1) is 23.0 Å². The lowest BCUT2D eigenvalue weighted by Gasteiger charge is -2.34. The minimum Gasteiger partial charge on any atom is -0.397 e. The van der Waals surface area contributed by atoms with Crippen molar-refractivity contribution < 1.29 is 4.74 Å². The number of nitrogen functional groups attached to an aromatic ring is 1. The number of hydrogen-bond acceptors (Lipinski definition) is 4. The molecule has 1 aromatic carbocycles. The monoisotopic (exact) mass is 245 g/mol. The van der Waals surface area contributed by atoms with Crippen molar-refractivity contribution in [1.82, 2.24) is 0 Å². The molecule has 1 saturated heterocycles. The number of nitrogens with two attached hydrogens (primary N) is 1. The lowest BCUT2D eigenvalue weighted by Crippen LogP contribution is -2.35. The molecule has 0 bridgehead atoms. The summed E-state index contributed by atoms with van der Waals surface area (Å²) in [6, 6.07) is 7.63. The van der Waals surface area contributed by atoms with E-state index in [9.17, 15) is 0 Å². The quantitative estimate of drug-likeness (QED) is 0.827. The summed E-state index contributed by atoms with van der Waals surface area (Å²) in [5, 5.41) is 8.82. The first-order chi connectivity index (χ1) is 8.74. The number of methoxy groups -OCH3 is 1. The zero-order valence-corrected chi connectivity index (χ0v) is 10.7. The SMILES string of the molecule is COCC1CCN(c2ccc(C#N)cc2N)CC1. The number of hydrogen-bond donors (Lipinski definition) is 1. The maximum Gasteiger partial charge on any atom is 0.0992 e. The Labute approximate surface area is 108 Å². The third-order valence-electron chi connectivity index (χ3n) is 3.51. The van der Waals surface area contributed by atoms with Gasteiger partial charge < -0.3 is 15.4 Å². The molecule has 1 aliphatic rings. The average Bonchev–Trinajstić information content (AvgIpc) is 2.40. The molecule has 4 heteroatoms. The van der Waals surface area contributed by atoms with Gasteiger partial charge in [-0.15, -0.1) is 0 Å². The molecule has 0 unspecified atom stereocenters. The summed E-state index contributed by atoms with van der Waals surface area (Å²) < 4.78 is 5.20. The summed E-state index contributed by atoms with van der Waals surface area (Å²) in [6.45, 7) is 2.85. The minimum absolute atomic E-state index is 0.616. The largest absolute Gasteiger partial charge is 0.397 e. The van der Waals surface area contributed by atoms with E-state index in [4.69, 9.17) is 15.7 Å². The van der Waals surface area contributed by atoms with Crippen LogP contribution in [0.15, 0.2) is 18.2 Å². The van der Waals surface area contributed by atoms with Crippen LogP contribution in [0.25, 0.3) is 0 Å². The Kier molecular flexibility index (Phi) is 4.06. The van der Waals surface area contributed by atoms with E-state index >= 15 is 0 Å². The average molecular weight is 245 g/mol. The van der Waals surface area contributed by atoms with Crippen molar-refractivity contribution >= 4 is 11.4 Å². The van der Waals surface area contributed by atoms with Gasteiger partial charge in [0.15, 0.2) is 0 Å². The van der Waals surface area contributed by atoms with Gasteiger partial charge in [-0.2, -0.15) is 5.26 Å². The molecule has 0 spiro atoms. The summed E-state index contributed by atoms with van der Waals surface area (Å²) in [7, 11) is 1.75. The molecule has 2 rings (SSSR count). The van der Waals surface area contributed by atoms with Crippen molar-refractivity contribution in [3.8, 4) is 6.07 Å². The van der Waals surface area contributed by atoms with E-state index in [0.717, 1.165) is 38.2 Å². The molecule has 0 aromatic heterocycles. The van der Waals surface area contributed by atoms with Crippen LogP contribution < -0.4 is 10.6 Å². The van der Waals surface area contributed by atoms with Gasteiger partial charge >= 0.3 is 0 Å². The smallest absolute Gasteiger partial charge is 0.0992 e. The molecular formula is C14H19N3O. The van der Waals surface area contributed by atoms with E-state index in [1.807, 2.05) is 12.1 Å². The number of piperidine rings is 1. The second-order valence-electron chi connectivity index (χ2n) is 4.77. The van der Waals surface area contributed by atoms with E-state index in [-0.39, 0.29) is 0 Å². The van der Waals surface area contributed by atoms with Crippen LogP contribution in [0, 0.1) is 17.2 Å². The fraction of sp³-hybridized carbons (Fsp3) is 0.500. The van der Waals surface area contributed by atoms with Crippen LogP contribution in [0.3, 0.4) is 0 Å². The topological polar surface area (TPSA) is 62.3 Å². The highest BCUT2D eigenvalue weighted by Gasteiger charge is 2.20. The zero-order valence-electron chi connectivity index (χ0n) is 10.7. The number of nitrogens with zero attached hydrogens (tertiary/aromatic N) is 2. The van der Waals surface area contributed by atoms with Crippen LogP contribution in [0.4, 0.5) is 11.4 Å². The fourth-order valence-electron chi connectivity index (χ4n) is 2.49. The van der Waals surface area contributed by atoms with Crippen molar-refractivity contribution in [3.05, 3.63) is 23.8 Å². The standard InChI is InChI=1S/C14H19N3O/c1-18-10-11-4-6-17(7-5-11)14-3-2-12(9-15)8-13(14)16/h2-3,8,11H,4-7,10,16H2,1H3. The molecule has 0 amide bonds. The molecule has 1 heterocycles. The first kappa shape index (κ1) is 12.7. The molecule has 0 saturated carbocycles. The Morgan fingerprint density at radius 3 is 2.72 bits per heavy atom. The second-order valence-corrected chi connectivity index (χ2v) is 4.77. The van der Waals surface area contributed by atoms with Crippen LogP contribution in [0.5, 0.6) is 0 Å². The highest BCUT2D eigenvalue weighted by Crippen LogP contribution is 2.28. The molecule has 0 radical (unpaired) electrons. The zero-order chi connectivity index (χ0) is 13.0. The summed E-state index contributed by atoms with van der Waals surface area (Å²) in [5.74, 6) is 0.658. The van der Waals surface area contributed by atoms with Crippen molar-refractivity contribution in [1.29, 1.82) is 5.26 Å². The number of ether oxygens (including phenoxy) is 1. The second kappa shape index (κ2) is 5.74. The minimum atomic E-state index is 0.616. The maximum absolute atomic E-state index is 8.82.